The number of carbonyl (C=O) groups is 1. The average Bonchev–Trinajstić information content (AvgIpc) is 3.49. The van der Waals surface area contributed by atoms with Gasteiger partial charge < -0.3 is 19.7 Å². The third kappa shape index (κ3) is 5.10. The van der Waals surface area contributed by atoms with E-state index in [1.165, 1.54) is 10.6 Å². The minimum Gasteiger partial charge on any atom is -0.495 e. The normalized spacial score (nSPS) is 19.7. The number of piperazine rings is 1. The quantitative estimate of drug-likeness (QED) is 0.503. The van der Waals surface area contributed by atoms with Crippen LogP contribution < -0.4 is 19.7 Å². The molecule has 1 aromatic carbocycles. The van der Waals surface area contributed by atoms with Crippen LogP contribution in [0, 0.1) is 12.8 Å². The van der Waals surface area contributed by atoms with Crippen LogP contribution in [-0.2, 0) is 14.8 Å². The molecule has 1 N–H and O–H groups in total. The molecule has 5 rings (SSSR count). The SMILES string of the molecule is COc1cc(-c2cc(O[C@H](C)C3CNC(=O)C3)c3c(C)cnn3c2)ccc1N1CCN(S(C)(=O)=O)CC1. The third-order valence-corrected chi connectivity index (χ3v) is 8.61. The van der Waals surface area contributed by atoms with E-state index >= 15 is 0 Å². The monoisotopic (exact) mass is 527 g/mol. The lowest BCUT2D eigenvalue weighted by molar-refractivity contribution is -0.119. The van der Waals surface area contributed by atoms with Gasteiger partial charge in [0.15, 0.2) is 0 Å². The first-order valence-electron chi connectivity index (χ1n) is 12.4. The number of methoxy groups -OCH3 is 1. The van der Waals surface area contributed by atoms with Crippen molar-refractivity contribution in [1.82, 2.24) is 19.2 Å². The van der Waals surface area contributed by atoms with Crippen molar-refractivity contribution in [2.45, 2.75) is 26.4 Å². The smallest absolute Gasteiger partial charge is 0.220 e. The van der Waals surface area contributed by atoms with Crippen LogP contribution in [-0.4, -0.2) is 80.4 Å². The van der Waals surface area contributed by atoms with Crippen molar-refractivity contribution >= 4 is 27.1 Å². The maximum Gasteiger partial charge on any atom is 0.220 e. The van der Waals surface area contributed by atoms with E-state index < -0.39 is 10.0 Å². The molecule has 2 aromatic heterocycles. The molecule has 11 heteroatoms. The molecular weight excluding hydrogens is 494 g/mol. The summed E-state index contributed by atoms with van der Waals surface area (Å²) in [5.41, 5.74) is 4.71. The first-order chi connectivity index (χ1) is 17.6. The van der Waals surface area contributed by atoms with Gasteiger partial charge in [-0.05, 0) is 43.2 Å². The summed E-state index contributed by atoms with van der Waals surface area (Å²) in [5.74, 6) is 1.61. The molecule has 2 fully saturated rings. The van der Waals surface area contributed by atoms with Gasteiger partial charge in [-0.25, -0.2) is 12.9 Å². The molecule has 1 unspecified atom stereocenters. The minimum absolute atomic E-state index is 0.0600. The number of hydrogen-bond acceptors (Lipinski definition) is 7. The number of ether oxygens (including phenoxy) is 2. The van der Waals surface area contributed by atoms with Crippen LogP contribution in [0.4, 0.5) is 5.69 Å². The van der Waals surface area contributed by atoms with E-state index in [9.17, 15) is 13.2 Å². The van der Waals surface area contributed by atoms with E-state index in [-0.39, 0.29) is 17.9 Å². The molecule has 0 aliphatic carbocycles. The number of hydrogen-bond donors (Lipinski definition) is 1. The Kier molecular flexibility index (Phi) is 6.76. The highest BCUT2D eigenvalue weighted by Gasteiger charge is 2.29. The van der Waals surface area contributed by atoms with Gasteiger partial charge in [0.2, 0.25) is 15.9 Å². The summed E-state index contributed by atoms with van der Waals surface area (Å²) in [6.07, 6.45) is 5.36. The second kappa shape index (κ2) is 9.86. The van der Waals surface area contributed by atoms with Gasteiger partial charge in [0.25, 0.3) is 0 Å². The van der Waals surface area contributed by atoms with Gasteiger partial charge in [0.05, 0.1) is 25.2 Å². The zero-order valence-corrected chi connectivity index (χ0v) is 22.4. The second-order valence-electron chi connectivity index (χ2n) is 9.84. The van der Waals surface area contributed by atoms with Gasteiger partial charge in [0, 0.05) is 56.8 Å². The Morgan fingerprint density at radius 1 is 1.11 bits per heavy atom. The fourth-order valence-corrected chi connectivity index (χ4v) is 5.94. The van der Waals surface area contributed by atoms with Crippen LogP contribution >= 0.6 is 0 Å². The number of nitrogens with zero attached hydrogens (tertiary/aromatic N) is 4. The second-order valence-corrected chi connectivity index (χ2v) is 11.8. The van der Waals surface area contributed by atoms with Crippen molar-refractivity contribution < 1.29 is 22.7 Å². The van der Waals surface area contributed by atoms with Crippen LogP contribution in [0.3, 0.4) is 0 Å². The third-order valence-electron chi connectivity index (χ3n) is 7.31. The first kappa shape index (κ1) is 25.3. The molecule has 0 saturated carbocycles. The number of fused-ring (bicyclic) bond motifs is 1. The van der Waals surface area contributed by atoms with Crippen LogP contribution in [0.15, 0.2) is 36.7 Å². The molecule has 10 nitrogen and oxygen atoms in total. The van der Waals surface area contributed by atoms with Crippen molar-refractivity contribution in [2.24, 2.45) is 5.92 Å². The highest BCUT2D eigenvalue weighted by molar-refractivity contribution is 7.88. The standard InChI is InChI=1S/C26H33N5O5S/c1-17-14-28-31-16-21(12-24(26(17)31)36-18(2)20-13-25(32)27-15-20)19-5-6-22(23(11-19)35-3)29-7-9-30(10-8-29)37(4,33)34/h5-6,11-12,14,16,18,20H,7-10,13,15H2,1-4H3,(H,27,32)/t18-,20?/m1/s1. The molecule has 0 spiro atoms. The number of rotatable bonds is 7. The minimum atomic E-state index is -3.19. The van der Waals surface area contributed by atoms with E-state index in [0.29, 0.717) is 44.9 Å². The first-order valence-corrected chi connectivity index (χ1v) is 14.3. The largest absolute Gasteiger partial charge is 0.495 e. The Morgan fingerprint density at radius 3 is 2.49 bits per heavy atom. The van der Waals surface area contributed by atoms with Crippen molar-refractivity contribution in [1.29, 1.82) is 0 Å². The zero-order valence-electron chi connectivity index (χ0n) is 21.6. The van der Waals surface area contributed by atoms with Gasteiger partial charge in [-0.15, -0.1) is 0 Å². The highest BCUT2D eigenvalue weighted by atomic mass is 32.2. The van der Waals surface area contributed by atoms with Crippen LogP contribution in [0.2, 0.25) is 0 Å². The number of anilines is 1. The Bertz CT molecular complexity index is 1430. The molecule has 0 bridgehead atoms. The van der Waals surface area contributed by atoms with Crippen molar-refractivity contribution in [2.75, 3.05) is 51.0 Å². The Labute approximate surface area is 217 Å². The molecule has 0 radical (unpaired) electrons. The highest BCUT2D eigenvalue weighted by Crippen LogP contribution is 2.37. The lowest BCUT2D eigenvalue weighted by Crippen LogP contribution is -2.48. The lowest BCUT2D eigenvalue weighted by atomic mass is 10.0. The van der Waals surface area contributed by atoms with Gasteiger partial charge >= 0.3 is 0 Å². The van der Waals surface area contributed by atoms with Crippen LogP contribution in [0.5, 0.6) is 11.5 Å². The molecule has 2 aliphatic heterocycles. The van der Waals surface area contributed by atoms with Gasteiger partial charge in [-0.3, -0.25) is 4.79 Å². The van der Waals surface area contributed by atoms with Crippen LogP contribution in [0.1, 0.15) is 18.9 Å². The number of sulfonamides is 1. The maximum absolute atomic E-state index is 11.9. The Morgan fingerprint density at radius 2 is 1.84 bits per heavy atom. The van der Waals surface area contributed by atoms with Crippen molar-refractivity contribution in [3.8, 4) is 22.6 Å². The maximum atomic E-state index is 11.9. The van der Waals surface area contributed by atoms with E-state index in [0.717, 1.165) is 33.6 Å². The van der Waals surface area contributed by atoms with E-state index in [1.807, 2.05) is 55.0 Å². The molecular formula is C26H33N5O5S. The molecule has 2 atom stereocenters. The number of carbonyl (C=O) groups excluding carboxylic acids is 1. The zero-order chi connectivity index (χ0) is 26.3. The summed E-state index contributed by atoms with van der Waals surface area (Å²) in [4.78, 5) is 13.9. The van der Waals surface area contributed by atoms with E-state index in [1.54, 1.807) is 7.11 Å². The summed E-state index contributed by atoms with van der Waals surface area (Å²) in [5, 5.41) is 7.40. The fourth-order valence-electron chi connectivity index (χ4n) is 5.11. The van der Waals surface area contributed by atoms with Gasteiger partial charge in [-0.2, -0.15) is 9.40 Å². The molecule has 2 aliphatic rings. The van der Waals surface area contributed by atoms with E-state index in [4.69, 9.17) is 9.47 Å². The number of nitrogens with one attached hydrogen (secondary N) is 1. The van der Waals surface area contributed by atoms with Crippen molar-refractivity contribution in [3.05, 3.63) is 42.2 Å². The number of pyridine rings is 1. The predicted molar refractivity (Wildman–Crippen MR) is 142 cm³/mol. The summed E-state index contributed by atoms with van der Waals surface area (Å²) in [6.45, 7) is 6.69. The predicted octanol–water partition coefficient (Wildman–Crippen LogP) is 2.30. The number of benzene rings is 1. The van der Waals surface area contributed by atoms with Crippen molar-refractivity contribution in [3.63, 3.8) is 0 Å². The molecule has 4 heterocycles. The average molecular weight is 528 g/mol. The molecule has 198 valence electrons. The van der Waals surface area contributed by atoms with Crippen LogP contribution in [0.25, 0.3) is 16.6 Å². The number of amides is 1. The summed E-state index contributed by atoms with van der Waals surface area (Å²) in [7, 11) is -1.55. The lowest BCUT2D eigenvalue weighted by Gasteiger charge is -2.35. The number of aryl methyl sites for hydroxylation is 1. The molecule has 2 saturated heterocycles. The topological polar surface area (TPSA) is 105 Å². The Hall–Kier alpha value is -3.31. The van der Waals surface area contributed by atoms with Gasteiger partial charge in [-0.1, -0.05) is 6.07 Å². The molecule has 3 aromatic rings. The molecule has 1 amide bonds. The summed E-state index contributed by atoms with van der Waals surface area (Å²) < 4.78 is 39.3. The van der Waals surface area contributed by atoms with Gasteiger partial charge in [0.1, 0.15) is 23.1 Å². The summed E-state index contributed by atoms with van der Waals surface area (Å²) >= 11 is 0. The summed E-state index contributed by atoms with van der Waals surface area (Å²) in [6, 6.07) is 8.06. The fraction of sp³-hybridized carbons (Fsp3) is 0.462. The number of aromatic nitrogens is 2. The van der Waals surface area contributed by atoms with E-state index in [2.05, 4.69) is 15.3 Å². The Balaban J connectivity index is 1.44. The molecule has 37 heavy (non-hydrogen) atoms.